The molecule has 3 heterocycles. The van der Waals surface area contributed by atoms with Gasteiger partial charge in [-0.2, -0.15) is 0 Å². The molecule has 37 heavy (non-hydrogen) atoms. The van der Waals surface area contributed by atoms with Gasteiger partial charge in [-0.15, -0.1) is 23.1 Å². The van der Waals surface area contributed by atoms with Crippen molar-refractivity contribution < 1.29 is 19.1 Å². The number of carbonyl (C=O) groups is 3. The molecule has 2 aromatic rings. The number of benzene rings is 1. The zero-order valence-electron chi connectivity index (χ0n) is 20.7. The number of imide groups is 1. The smallest absolute Gasteiger partial charge is 0.255 e. The molecule has 194 valence electrons. The normalized spacial score (nSPS) is 32.2. The number of thiazole rings is 1. The molecule has 1 aromatic carbocycles. The van der Waals surface area contributed by atoms with E-state index in [-0.39, 0.29) is 24.1 Å². The Bertz CT molecular complexity index is 1230. The number of piperidine rings is 1. The largest absolute Gasteiger partial charge is 0.371 e. The van der Waals surface area contributed by atoms with Crippen LogP contribution in [-0.4, -0.2) is 39.8 Å². The van der Waals surface area contributed by atoms with Crippen LogP contribution in [0.1, 0.15) is 71.6 Å². The second-order valence-corrected chi connectivity index (χ2v) is 13.4. The van der Waals surface area contributed by atoms with Gasteiger partial charge in [-0.05, 0) is 79.9 Å². The Kier molecular flexibility index (Phi) is 6.13. The number of nitrogens with zero attached hydrogens (tertiary/aromatic N) is 2. The average Bonchev–Trinajstić information content (AvgIpc) is 3.46. The van der Waals surface area contributed by atoms with Crippen LogP contribution in [0.4, 0.5) is 0 Å². The van der Waals surface area contributed by atoms with Crippen molar-refractivity contribution in [2.45, 2.75) is 80.9 Å². The van der Waals surface area contributed by atoms with Crippen molar-refractivity contribution in [3.8, 4) is 0 Å². The lowest BCUT2D eigenvalue weighted by atomic mass is 9.55. The lowest BCUT2D eigenvalue weighted by molar-refractivity contribution is -0.136. The number of carbonyl (C=O) groups excluding carboxylic acids is 3. The fourth-order valence-corrected chi connectivity index (χ4v) is 9.52. The van der Waals surface area contributed by atoms with E-state index < -0.39 is 6.04 Å². The van der Waals surface area contributed by atoms with Crippen LogP contribution in [0.2, 0.25) is 0 Å². The highest BCUT2D eigenvalue weighted by Gasteiger charge is 2.48. The van der Waals surface area contributed by atoms with Gasteiger partial charge in [0.15, 0.2) is 0 Å². The van der Waals surface area contributed by atoms with Crippen LogP contribution in [0.25, 0.3) is 0 Å². The number of hydrogen-bond acceptors (Lipinski definition) is 7. The van der Waals surface area contributed by atoms with E-state index in [4.69, 9.17) is 9.72 Å². The number of nitrogens with one attached hydrogen (secondary N) is 1. The van der Waals surface area contributed by atoms with E-state index in [0.717, 1.165) is 50.6 Å². The summed E-state index contributed by atoms with van der Waals surface area (Å²) in [6.45, 7) is 0.996. The van der Waals surface area contributed by atoms with Gasteiger partial charge in [-0.1, -0.05) is 6.07 Å². The summed E-state index contributed by atoms with van der Waals surface area (Å²) in [5.41, 5.74) is 2.63. The van der Waals surface area contributed by atoms with E-state index in [1.807, 2.05) is 18.2 Å². The second kappa shape index (κ2) is 9.50. The third-order valence-corrected chi connectivity index (χ3v) is 11.2. The topological polar surface area (TPSA) is 88.6 Å². The van der Waals surface area contributed by atoms with Crippen molar-refractivity contribution in [3.05, 3.63) is 45.4 Å². The summed E-state index contributed by atoms with van der Waals surface area (Å²) in [7, 11) is 0. The molecule has 1 aromatic heterocycles. The van der Waals surface area contributed by atoms with Crippen LogP contribution in [0, 0.1) is 23.7 Å². The summed E-state index contributed by atoms with van der Waals surface area (Å²) in [5, 5.41) is 5.54. The number of amides is 3. The van der Waals surface area contributed by atoms with E-state index in [1.54, 1.807) is 28.0 Å². The first-order chi connectivity index (χ1) is 18.0. The summed E-state index contributed by atoms with van der Waals surface area (Å²) in [6.07, 6.45) is 7.97. The summed E-state index contributed by atoms with van der Waals surface area (Å²) in [4.78, 5) is 44.5. The summed E-state index contributed by atoms with van der Waals surface area (Å²) in [5.74, 6) is 3.37. The van der Waals surface area contributed by atoms with E-state index in [0.29, 0.717) is 31.2 Å². The first-order valence-corrected chi connectivity index (χ1v) is 15.3. The van der Waals surface area contributed by atoms with Gasteiger partial charge in [-0.25, -0.2) is 4.98 Å². The van der Waals surface area contributed by atoms with Crippen LogP contribution < -0.4 is 5.32 Å². The maximum Gasteiger partial charge on any atom is 0.255 e. The van der Waals surface area contributed by atoms with E-state index in [9.17, 15) is 14.4 Å². The highest BCUT2D eigenvalue weighted by Crippen LogP contribution is 2.54. The van der Waals surface area contributed by atoms with Gasteiger partial charge in [0.25, 0.3) is 5.91 Å². The Hall–Kier alpha value is -2.23. The predicted octanol–water partition coefficient (Wildman–Crippen LogP) is 4.54. The molecule has 1 unspecified atom stereocenters. The average molecular weight is 538 g/mol. The first-order valence-electron chi connectivity index (χ1n) is 13.5. The molecule has 0 radical (unpaired) electrons. The molecule has 6 aliphatic rings. The van der Waals surface area contributed by atoms with Gasteiger partial charge < -0.3 is 9.64 Å². The minimum absolute atomic E-state index is 0.134. The van der Waals surface area contributed by atoms with Crippen LogP contribution in [-0.2, 0) is 33.2 Å². The molecule has 7 nitrogen and oxygen atoms in total. The van der Waals surface area contributed by atoms with Gasteiger partial charge in [0, 0.05) is 28.8 Å². The minimum atomic E-state index is -0.591. The number of aromatic nitrogens is 1. The minimum Gasteiger partial charge on any atom is -0.371 e. The molecular formula is C28H31N3O4S2. The number of rotatable bonds is 7. The zero-order chi connectivity index (χ0) is 25.1. The van der Waals surface area contributed by atoms with Crippen LogP contribution in [0.15, 0.2) is 28.5 Å². The van der Waals surface area contributed by atoms with Gasteiger partial charge >= 0.3 is 0 Å². The van der Waals surface area contributed by atoms with Crippen molar-refractivity contribution in [3.63, 3.8) is 0 Å². The molecule has 3 amide bonds. The van der Waals surface area contributed by atoms with Gasteiger partial charge in [-0.3, -0.25) is 19.7 Å². The quantitative estimate of drug-likeness (QED) is 0.412. The molecular weight excluding hydrogens is 506 g/mol. The van der Waals surface area contributed by atoms with Gasteiger partial charge in [0.1, 0.15) is 11.0 Å². The maximum absolute atomic E-state index is 13.1. The molecule has 2 aliphatic heterocycles. The molecule has 4 aliphatic carbocycles. The lowest BCUT2D eigenvalue weighted by Crippen LogP contribution is -2.52. The number of hydrogen-bond donors (Lipinski definition) is 1. The Morgan fingerprint density at radius 2 is 1.86 bits per heavy atom. The number of fused-ring (bicyclic) bond motifs is 1. The van der Waals surface area contributed by atoms with Crippen LogP contribution >= 0.6 is 23.1 Å². The van der Waals surface area contributed by atoms with Crippen molar-refractivity contribution in [1.82, 2.24) is 15.2 Å². The van der Waals surface area contributed by atoms with Gasteiger partial charge in [0.05, 0.1) is 24.2 Å². The zero-order valence-corrected chi connectivity index (χ0v) is 22.3. The molecule has 1 atom stereocenters. The van der Waals surface area contributed by atoms with E-state index >= 15 is 0 Å². The van der Waals surface area contributed by atoms with E-state index in [2.05, 4.69) is 10.7 Å². The third kappa shape index (κ3) is 4.42. The van der Waals surface area contributed by atoms with Crippen LogP contribution in [0.5, 0.6) is 0 Å². The molecule has 8 rings (SSSR count). The molecule has 4 bridgehead atoms. The fraction of sp³-hybridized carbons (Fsp3) is 0.571. The standard InChI is InChI=1S/C28H31N3O4S2/c32-24-5-4-22(27(33)30-24)31-11-21-20(28(31)34)2-1-3-23(21)36-14-25-29-19(13-37-25)12-35-26-17-7-15-6-16(9-17)10-18(26)8-15/h1-3,13,15-18,22,26H,4-12,14H2,(H,30,32,33). The molecule has 1 N–H and O–H groups in total. The Morgan fingerprint density at radius 1 is 1.08 bits per heavy atom. The van der Waals surface area contributed by atoms with Crippen molar-refractivity contribution in [2.24, 2.45) is 23.7 Å². The molecule has 0 spiro atoms. The van der Waals surface area contributed by atoms with Crippen molar-refractivity contribution >= 4 is 40.8 Å². The highest BCUT2D eigenvalue weighted by molar-refractivity contribution is 7.98. The maximum atomic E-state index is 13.1. The highest BCUT2D eigenvalue weighted by atomic mass is 32.2. The fourth-order valence-electron chi connectivity index (χ4n) is 7.64. The van der Waals surface area contributed by atoms with Gasteiger partial charge in [0.2, 0.25) is 11.8 Å². The van der Waals surface area contributed by atoms with Crippen molar-refractivity contribution in [1.29, 1.82) is 0 Å². The molecule has 1 saturated heterocycles. The second-order valence-electron chi connectivity index (χ2n) is 11.4. The third-order valence-electron chi connectivity index (χ3n) is 9.05. The predicted molar refractivity (Wildman–Crippen MR) is 140 cm³/mol. The SMILES string of the molecule is O=C1CCC(N2Cc3c(SCc4nc(COC5C6CC7CC(C6)CC5C7)cs4)cccc3C2=O)C(=O)N1. The van der Waals surface area contributed by atoms with E-state index in [1.165, 1.54) is 32.1 Å². The summed E-state index contributed by atoms with van der Waals surface area (Å²) >= 11 is 3.35. The lowest BCUT2D eigenvalue weighted by Gasteiger charge is -2.53. The number of thioether (sulfide) groups is 1. The molecule has 9 heteroatoms. The first kappa shape index (κ1) is 23.9. The monoisotopic (exact) mass is 537 g/mol. The Labute approximate surface area is 224 Å². The summed E-state index contributed by atoms with van der Waals surface area (Å²) < 4.78 is 6.48. The Balaban J connectivity index is 0.973. The molecule has 4 saturated carbocycles. The Morgan fingerprint density at radius 3 is 2.62 bits per heavy atom. The number of ether oxygens (including phenoxy) is 1. The summed E-state index contributed by atoms with van der Waals surface area (Å²) in [6, 6.07) is 5.18. The van der Waals surface area contributed by atoms with Crippen molar-refractivity contribution in [2.75, 3.05) is 0 Å². The van der Waals surface area contributed by atoms with Crippen LogP contribution in [0.3, 0.4) is 0 Å². The molecule has 5 fully saturated rings.